The van der Waals surface area contributed by atoms with Crippen LogP contribution in [0.4, 0.5) is 11.4 Å². The lowest BCUT2D eigenvalue weighted by molar-refractivity contribution is -0.136. The molecule has 2 aromatic carbocycles. The maximum atomic E-state index is 12.5. The maximum Gasteiger partial charge on any atom is 0.313 e. The predicted octanol–water partition coefficient (Wildman–Crippen LogP) is 3.61. The number of fused-ring (bicyclic) bond motifs is 1. The number of amides is 2. The Morgan fingerprint density at radius 1 is 1.00 bits per heavy atom. The largest absolute Gasteiger partial charge is 0.374 e. The zero-order valence-electron chi connectivity index (χ0n) is 17.9. The van der Waals surface area contributed by atoms with E-state index in [1.54, 1.807) is 24.3 Å². The van der Waals surface area contributed by atoms with Gasteiger partial charge in [-0.2, -0.15) is 0 Å². The van der Waals surface area contributed by atoms with Gasteiger partial charge in [-0.3, -0.25) is 14.5 Å². The third kappa shape index (κ3) is 5.20. The van der Waals surface area contributed by atoms with Crippen molar-refractivity contribution in [2.24, 2.45) is 0 Å². The molecule has 0 radical (unpaired) electrons. The molecule has 0 unspecified atom stereocenters. The average molecular weight is 441 g/mol. The van der Waals surface area contributed by atoms with E-state index in [0.29, 0.717) is 17.3 Å². The summed E-state index contributed by atoms with van der Waals surface area (Å²) in [4.78, 5) is 29.5. The third-order valence-corrected chi connectivity index (χ3v) is 6.44. The molecule has 0 bridgehead atoms. The van der Waals surface area contributed by atoms with Crippen molar-refractivity contribution in [2.45, 2.75) is 31.7 Å². The van der Waals surface area contributed by atoms with E-state index < -0.39 is 11.8 Å². The third-order valence-electron chi connectivity index (χ3n) is 6.18. The van der Waals surface area contributed by atoms with Crippen LogP contribution in [0.15, 0.2) is 42.5 Å². The number of carbonyl (C=O) groups is 2. The van der Waals surface area contributed by atoms with Crippen molar-refractivity contribution in [2.75, 3.05) is 43.4 Å². The van der Waals surface area contributed by atoms with Crippen molar-refractivity contribution in [1.29, 1.82) is 0 Å². The minimum Gasteiger partial charge on any atom is -0.374 e. The van der Waals surface area contributed by atoms with Crippen LogP contribution in [-0.4, -0.2) is 49.9 Å². The van der Waals surface area contributed by atoms with Crippen LogP contribution in [0.25, 0.3) is 0 Å². The van der Waals surface area contributed by atoms with Gasteiger partial charge in [-0.25, -0.2) is 0 Å². The van der Waals surface area contributed by atoms with E-state index >= 15 is 0 Å². The highest BCUT2D eigenvalue weighted by Gasteiger charge is 2.26. The highest BCUT2D eigenvalue weighted by Crippen LogP contribution is 2.31. The summed E-state index contributed by atoms with van der Waals surface area (Å²) in [5, 5.41) is 6.04. The lowest BCUT2D eigenvalue weighted by Crippen LogP contribution is -2.41. The Labute approximate surface area is 188 Å². The topological polar surface area (TPSA) is 64.7 Å². The summed E-state index contributed by atoms with van der Waals surface area (Å²) >= 11 is 5.87. The van der Waals surface area contributed by atoms with E-state index in [-0.39, 0.29) is 6.04 Å². The average Bonchev–Trinajstić information content (AvgIpc) is 3.30. The summed E-state index contributed by atoms with van der Waals surface area (Å²) in [5.74, 6) is -1.30. The molecule has 1 fully saturated rings. The number of hydrogen-bond acceptors (Lipinski definition) is 4. The molecule has 1 saturated heterocycles. The molecule has 2 aliphatic heterocycles. The van der Waals surface area contributed by atoms with Crippen LogP contribution >= 0.6 is 11.6 Å². The number of benzene rings is 2. The van der Waals surface area contributed by atoms with Crippen LogP contribution in [0.5, 0.6) is 0 Å². The molecule has 4 rings (SSSR count). The van der Waals surface area contributed by atoms with Gasteiger partial charge in [-0.15, -0.1) is 0 Å². The zero-order chi connectivity index (χ0) is 21.8. The molecule has 2 aliphatic rings. The molecule has 2 N–H and O–H groups in total. The first kappa shape index (κ1) is 21.7. The van der Waals surface area contributed by atoms with E-state index in [0.717, 1.165) is 45.3 Å². The van der Waals surface area contributed by atoms with Gasteiger partial charge >= 0.3 is 11.8 Å². The second kappa shape index (κ2) is 9.71. The van der Waals surface area contributed by atoms with Gasteiger partial charge in [0.25, 0.3) is 0 Å². The second-order valence-corrected chi connectivity index (χ2v) is 8.78. The zero-order valence-corrected chi connectivity index (χ0v) is 18.6. The molecule has 0 saturated carbocycles. The van der Waals surface area contributed by atoms with Crippen LogP contribution in [0.1, 0.15) is 36.4 Å². The first-order chi connectivity index (χ1) is 15.0. The summed E-state index contributed by atoms with van der Waals surface area (Å²) in [6, 6.07) is 13.4. The Kier molecular flexibility index (Phi) is 6.78. The van der Waals surface area contributed by atoms with Gasteiger partial charge in [0.15, 0.2) is 0 Å². The molecule has 31 heavy (non-hydrogen) atoms. The molecule has 6 nitrogen and oxygen atoms in total. The van der Waals surface area contributed by atoms with Crippen molar-refractivity contribution in [3.8, 4) is 0 Å². The normalized spacial score (nSPS) is 17.2. The summed E-state index contributed by atoms with van der Waals surface area (Å²) in [6.07, 6.45) is 4.56. The Balaban J connectivity index is 1.44. The summed E-state index contributed by atoms with van der Waals surface area (Å²) < 4.78 is 0. The highest BCUT2D eigenvalue weighted by atomic mass is 35.5. The SMILES string of the molecule is CN1CCCc2cc([C@@H](CNC(=O)C(=O)Nc3ccc(Cl)cc3)N3CCCC3)ccc21. The standard InChI is InChI=1S/C24H29ClN4O2/c1-28-12-4-5-17-15-18(6-11-21(17)28)22(29-13-2-3-14-29)16-26-23(30)24(31)27-20-9-7-19(25)8-10-20/h6-11,15,22H,2-5,12-14,16H2,1H3,(H,26,30)(H,27,31)/t22-/m1/s1. The fourth-order valence-electron chi connectivity index (χ4n) is 4.51. The van der Waals surface area contributed by atoms with E-state index in [1.807, 2.05) is 0 Å². The fourth-order valence-corrected chi connectivity index (χ4v) is 4.64. The van der Waals surface area contributed by atoms with Crippen LogP contribution in [-0.2, 0) is 16.0 Å². The summed E-state index contributed by atoms with van der Waals surface area (Å²) in [6.45, 7) is 3.51. The first-order valence-corrected chi connectivity index (χ1v) is 11.3. The van der Waals surface area contributed by atoms with E-state index in [9.17, 15) is 9.59 Å². The van der Waals surface area contributed by atoms with Gasteiger partial charge in [-0.1, -0.05) is 23.7 Å². The molecule has 0 aliphatic carbocycles. The number of carbonyl (C=O) groups excluding carboxylic acids is 2. The number of hydrogen-bond donors (Lipinski definition) is 2. The van der Waals surface area contributed by atoms with Gasteiger partial charge in [-0.05, 0) is 80.2 Å². The van der Waals surface area contributed by atoms with Crippen LogP contribution in [0.2, 0.25) is 5.02 Å². The van der Waals surface area contributed by atoms with Crippen molar-refractivity contribution in [3.05, 3.63) is 58.6 Å². The number of halogens is 1. The molecule has 164 valence electrons. The van der Waals surface area contributed by atoms with Gasteiger partial charge < -0.3 is 15.5 Å². The molecule has 0 spiro atoms. The molecular formula is C24H29ClN4O2. The minimum atomic E-state index is -0.672. The quantitative estimate of drug-likeness (QED) is 0.697. The number of anilines is 2. The van der Waals surface area contributed by atoms with Gasteiger partial charge in [0.1, 0.15) is 0 Å². The van der Waals surface area contributed by atoms with E-state index in [2.05, 4.69) is 45.7 Å². The number of rotatable bonds is 5. The molecule has 2 aromatic rings. The Hall–Kier alpha value is -2.57. The van der Waals surface area contributed by atoms with Gasteiger partial charge in [0.05, 0.1) is 6.04 Å². The first-order valence-electron chi connectivity index (χ1n) is 10.9. The highest BCUT2D eigenvalue weighted by molar-refractivity contribution is 6.39. The van der Waals surface area contributed by atoms with Crippen molar-refractivity contribution in [1.82, 2.24) is 10.2 Å². The second-order valence-electron chi connectivity index (χ2n) is 8.34. The minimum absolute atomic E-state index is 0.0623. The lowest BCUT2D eigenvalue weighted by atomic mass is 9.96. The van der Waals surface area contributed by atoms with Crippen LogP contribution in [0.3, 0.4) is 0 Å². The monoisotopic (exact) mass is 440 g/mol. The predicted molar refractivity (Wildman–Crippen MR) is 125 cm³/mol. The summed E-state index contributed by atoms with van der Waals surface area (Å²) in [5.41, 5.74) is 4.40. The van der Waals surface area contributed by atoms with Gasteiger partial charge in [0, 0.05) is 36.5 Å². The molecule has 1 atom stereocenters. The number of nitrogens with zero attached hydrogens (tertiary/aromatic N) is 2. The molecular weight excluding hydrogens is 412 g/mol. The molecule has 2 heterocycles. The van der Waals surface area contributed by atoms with Crippen molar-refractivity contribution < 1.29 is 9.59 Å². The van der Waals surface area contributed by atoms with Gasteiger partial charge in [0.2, 0.25) is 0 Å². The number of likely N-dealkylation sites (tertiary alicyclic amines) is 1. The maximum absolute atomic E-state index is 12.5. The van der Waals surface area contributed by atoms with Crippen LogP contribution in [0, 0.1) is 0 Å². The summed E-state index contributed by atoms with van der Waals surface area (Å²) in [7, 11) is 2.13. The molecule has 7 heteroatoms. The Bertz CT molecular complexity index is 941. The van der Waals surface area contributed by atoms with E-state index in [1.165, 1.54) is 16.8 Å². The van der Waals surface area contributed by atoms with Crippen molar-refractivity contribution in [3.63, 3.8) is 0 Å². The number of nitrogens with one attached hydrogen (secondary N) is 2. The molecule has 0 aromatic heterocycles. The Morgan fingerprint density at radius 3 is 2.48 bits per heavy atom. The van der Waals surface area contributed by atoms with E-state index in [4.69, 9.17) is 11.6 Å². The smallest absolute Gasteiger partial charge is 0.313 e. The van der Waals surface area contributed by atoms with Crippen LogP contribution < -0.4 is 15.5 Å². The molecule has 2 amide bonds. The number of aryl methyl sites for hydroxylation is 1. The Morgan fingerprint density at radius 2 is 1.74 bits per heavy atom. The lowest BCUT2D eigenvalue weighted by Gasteiger charge is -2.31. The van der Waals surface area contributed by atoms with Crippen molar-refractivity contribution >= 4 is 34.8 Å². The fraction of sp³-hybridized carbons (Fsp3) is 0.417.